The average Bonchev–Trinajstić information content (AvgIpc) is 2.78. The predicted molar refractivity (Wildman–Crippen MR) is 151 cm³/mol. The smallest absolute Gasteiger partial charge is 0.0184 e. The van der Waals surface area contributed by atoms with Crippen LogP contribution in [0.5, 0.6) is 0 Å². The van der Waals surface area contributed by atoms with Crippen LogP contribution in [0.3, 0.4) is 0 Å². The Balaban J connectivity index is 0. The first kappa shape index (κ1) is 36.0. The maximum Gasteiger partial charge on any atom is -0.0184 e. The summed E-state index contributed by atoms with van der Waals surface area (Å²) in [6, 6.07) is 16.7. The Labute approximate surface area is 231 Å². The van der Waals surface area contributed by atoms with Crippen LogP contribution in [-0.2, 0) is 15.0 Å². The van der Waals surface area contributed by atoms with E-state index in [1.54, 1.807) is 0 Å². The van der Waals surface area contributed by atoms with Crippen molar-refractivity contribution in [1.82, 2.24) is 0 Å². The molecule has 8 heteroatoms. The number of hydrogen-bond acceptors (Lipinski definition) is 3. The summed E-state index contributed by atoms with van der Waals surface area (Å²) < 4.78 is 43.9. The van der Waals surface area contributed by atoms with Crippen LogP contribution in [0.1, 0.15) is 79.1 Å². The number of unbranched alkanes of at least 4 members (excludes halogenated alkanes) is 2. The van der Waals surface area contributed by atoms with Gasteiger partial charge >= 0.3 is 40.0 Å². The summed E-state index contributed by atoms with van der Waals surface area (Å²) in [5, 5.41) is 2.62. The normalized spacial score (nSPS) is 13.4. The Kier molecular flexibility index (Phi) is 23.3. The van der Waals surface area contributed by atoms with Crippen molar-refractivity contribution in [2.75, 3.05) is 12.3 Å². The van der Waals surface area contributed by atoms with Crippen LogP contribution in [0.25, 0.3) is 10.8 Å². The molecule has 0 heterocycles. The number of rotatable bonds is 12. The van der Waals surface area contributed by atoms with E-state index < -0.39 is 18.2 Å². The second-order valence-electron chi connectivity index (χ2n) is 8.57. The van der Waals surface area contributed by atoms with Crippen LogP contribution in [0.2, 0.25) is 0 Å². The van der Waals surface area contributed by atoms with E-state index in [0.717, 1.165) is 24.2 Å². The molecule has 0 aliphatic heterocycles. The maximum atomic E-state index is 12.3. The van der Waals surface area contributed by atoms with Crippen molar-refractivity contribution >= 4 is 58.5 Å². The molecule has 0 amide bonds. The van der Waals surface area contributed by atoms with Crippen molar-refractivity contribution < 1.29 is 22.1 Å². The van der Waals surface area contributed by atoms with Crippen molar-refractivity contribution in [1.29, 1.82) is 0 Å². The standard InChI is InChI=1S/C16H35OP.C10H8.Na.H2O4S.H/c1-5-9-11-15(7-3)13-18(17)14-16(8-4)12-10-6-2;1-2-6-10-8-4-3-7-9(10)5-1;;1-5(2,3)4;/h15-16,18H,5-14H2,1-4H3;1-8H;;(H2,1,2,3,4);. The zero-order chi connectivity index (χ0) is 25.1. The molecule has 2 N–H and O–H groups in total. The first-order valence-electron chi connectivity index (χ1n) is 12.3. The number of benzene rings is 2. The molecule has 0 radical (unpaired) electrons. The largest absolute Gasteiger partial charge is 0.0616 e. The molecule has 2 unspecified atom stereocenters. The van der Waals surface area contributed by atoms with Crippen molar-refractivity contribution in [2.45, 2.75) is 79.1 Å². The van der Waals surface area contributed by atoms with Gasteiger partial charge in [-0.2, -0.15) is 8.42 Å². The molecule has 2 rings (SSSR count). The van der Waals surface area contributed by atoms with Gasteiger partial charge in [0.15, 0.2) is 0 Å². The summed E-state index contributed by atoms with van der Waals surface area (Å²) in [7, 11) is -5.99. The Morgan fingerprint density at radius 2 is 1.03 bits per heavy atom. The van der Waals surface area contributed by atoms with Crippen molar-refractivity contribution in [3.63, 3.8) is 0 Å². The Morgan fingerprint density at radius 1 is 0.735 bits per heavy atom. The SMILES string of the molecule is CCCCC(CC)C[PH](=O)CC(CC)CCCC.O=S(=O)(O)O.[NaH].c1ccc2ccccc2c1. The van der Waals surface area contributed by atoms with E-state index in [1.807, 2.05) is 0 Å². The number of hydrogen-bond donors (Lipinski definition) is 2. The molecule has 0 spiro atoms. The van der Waals surface area contributed by atoms with Crippen LogP contribution in [0, 0.1) is 11.8 Å². The molecule has 5 nitrogen and oxygen atoms in total. The molecule has 0 saturated carbocycles. The molecule has 34 heavy (non-hydrogen) atoms. The maximum absolute atomic E-state index is 12.3. The van der Waals surface area contributed by atoms with Crippen molar-refractivity contribution in [2.24, 2.45) is 11.8 Å². The molecular formula is C26H46NaO5PS. The molecule has 2 aromatic carbocycles. The van der Waals surface area contributed by atoms with Gasteiger partial charge in [-0.15, -0.1) is 0 Å². The molecule has 2 atom stereocenters. The average molecular weight is 525 g/mol. The first-order valence-corrected chi connectivity index (χ1v) is 15.5. The topological polar surface area (TPSA) is 91.7 Å². The molecule has 2 aromatic rings. The van der Waals surface area contributed by atoms with Gasteiger partial charge in [-0.25, -0.2) is 0 Å². The summed E-state index contributed by atoms with van der Waals surface area (Å²) in [5.74, 6) is 1.44. The predicted octanol–water partition coefficient (Wildman–Crippen LogP) is 7.52. The third kappa shape index (κ3) is 21.1. The van der Waals surface area contributed by atoms with E-state index in [-0.39, 0.29) is 29.6 Å². The minimum atomic E-state index is -4.67. The van der Waals surface area contributed by atoms with Crippen LogP contribution in [0.15, 0.2) is 48.5 Å². The van der Waals surface area contributed by atoms with Crippen LogP contribution in [0.4, 0.5) is 0 Å². The van der Waals surface area contributed by atoms with Gasteiger partial charge in [0.2, 0.25) is 0 Å². The monoisotopic (exact) mass is 524 g/mol. The third-order valence-corrected chi connectivity index (χ3v) is 7.84. The van der Waals surface area contributed by atoms with Gasteiger partial charge in [0.1, 0.15) is 0 Å². The van der Waals surface area contributed by atoms with Crippen LogP contribution >= 0.6 is 7.80 Å². The number of fused-ring (bicyclic) bond motifs is 1. The summed E-state index contributed by atoms with van der Waals surface area (Å²) in [6.07, 6.45) is 12.2. The van der Waals surface area contributed by atoms with E-state index in [1.165, 1.54) is 62.1 Å². The van der Waals surface area contributed by atoms with Crippen LogP contribution in [-0.4, -0.2) is 59.4 Å². The molecule has 0 bridgehead atoms. The minimum absolute atomic E-state index is 0. The minimum Gasteiger partial charge on any atom is -0.0616 e. The molecule has 0 aliphatic carbocycles. The molecule has 0 aromatic heterocycles. The molecule has 0 saturated heterocycles. The van der Waals surface area contributed by atoms with Crippen molar-refractivity contribution in [3.05, 3.63) is 48.5 Å². The molecule has 0 aliphatic rings. The quantitative estimate of drug-likeness (QED) is 0.170. The Hall–Kier alpha value is -0.200. The third-order valence-electron chi connectivity index (χ3n) is 5.78. The van der Waals surface area contributed by atoms with E-state index in [4.69, 9.17) is 17.5 Å². The summed E-state index contributed by atoms with van der Waals surface area (Å²) in [6.45, 7) is 9.00. The second-order valence-corrected chi connectivity index (χ2v) is 11.4. The molecular weight excluding hydrogens is 478 g/mol. The molecule has 192 valence electrons. The van der Waals surface area contributed by atoms with E-state index >= 15 is 0 Å². The van der Waals surface area contributed by atoms with Gasteiger partial charge in [-0.1, -0.05) is 128 Å². The fourth-order valence-electron chi connectivity index (χ4n) is 3.75. The second kappa shape index (κ2) is 22.0. The van der Waals surface area contributed by atoms with Crippen LogP contribution < -0.4 is 0 Å². The van der Waals surface area contributed by atoms with E-state index in [2.05, 4.69) is 76.2 Å². The Bertz CT molecular complexity index is 783. The van der Waals surface area contributed by atoms with Gasteiger partial charge < -0.3 is 4.57 Å². The zero-order valence-electron chi connectivity index (χ0n) is 20.9. The first-order chi connectivity index (χ1) is 15.6. The van der Waals surface area contributed by atoms with E-state index in [9.17, 15) is 4.57 Å². The van der Waals surface area contributed by atoms with Gasteiger partial charge in [0, 0.05) is 12.3 Å². The Morgan fingerprint density at radius 3 is 1.26 bits per heavy atom. The van der Waals surface area contributed by atoms with Gasteiger partial charge in [-0.3, -0.25) is 9.11 Å². The molecule has 0 fully saturated rings. The van der Waals surface area contributed by atoms with Gasteiger partial charge in [0.05, 0.1) is 7.80 Å². The zero-order valence-corrected chi connectivity index (χ0v) is 22.7. The summed E-state index contributed by atoms with van der Waals surface area (Å²) >= 11 is 0. The fourth-order valence-corrected chi connectivity index (χ4v) is 6.19. The van der Waals surface area contributed by atoms with Gasteiger partial charge in [0.25, 0.3) is 0 Å². The van der Waals surface area contributed by atoms with Gasteiger partial charge in [-0.05, 0) is 22.6 Å². The summed E-state index contributed by atoms with van der Waals surface area (Å²) in [4.78, 5) is 0. The van der Waals surface area contributed by atoms with E-state index in [0.29, 0.717) is 0 Å². The fraction of sp³-hybridized carbons (Fsp3) is 0.615. The van der Waals surface area contributed by atoms with Crippen molar-refractivity contribution in [3.8, 4) is 0 Å². The summed E-state index contributed by atoms with van der Waals surface area (Å²) in [5.41, 5.74) is 0.